The fraction of sp³-hybridized carbons (Fsp3) is 0.200. The summed E-state index contributed by atoms with van der Waals surface area (Å²) >= 11 is 1.05. The molecule has 2 aromatic heterocycles. The Balaban J connectivity index is 1.81. The number of benzene rings is 2. The monoisotopic (exact) mass is 494 g/mol. The maximum atomic E-state index is 14.0. The minimum atomic E-state index is -0.952. The number of Topliss-reactive ketones (excluding diaryl/α,β-unsaturated/α-hetero) is 1. The summed E-state index contributed by atoms with van der Waals surface area (Å²) in [6.45, 7) is 3.10. The number of anilines is 1. The fourth-order valence-electron chi connectivity index (χ4n) is 4.29. The summed E-state index contributed by atoms with van der Waals surface area (Å²) in [5.74, 6) is -0.687. The molecule has 1 aliphatic rings. The van der Waals surface area contributed by atoms with Crippen molar-refractivity contribution < 1.29 is 27.9 Å². The number of hydrogen-bond acceptors (Lipinski definition) is 8. The third-order valence-corrected chi connectivity index (χ3v) is 7.12. The van der Waals surface area contributed by atoms with Crippen LogP contribution in [0.2, 0.25) is 0 Å². The molecule has 35 heavy (non-hydrogen) atoms. The summed E-state index contributed by atoms with van der Waals surface area (Å²) < 4.78 is 30.6. The first-order chi connectivity index (χ1) is 16.7. The highest BCUT2D eigenvalue weighted by Crippen LogP contribution is 2.44. The van der Waals surface area contributed by atoms with E-state index in [1.165, 1.54) is 32.1 Å². The van der Waals surface area contributed by atoms with Gasteiger partial charge in [0.25, 0.3) is 5.91 Å². The fourth-order valence-corrected chi connectivity index (χ4v) is 5.28. The van der Waals surface area contributed by atoms with E-state index in [2.05, 4.69) is 4.98 Å². The Labute approximate surface area is 202 Å². The van der Waals surface area contributed by atoms with Crippen molar-refractivity contribution in [2.45, 2.75) is 19.9 Å². The lowest BCUT2D eigenvalue weighted by atomic mass is 9.98. The van der Waals surface area contributed by atoms with Gasteiger partial charge in [-0.1, -0.05) is 17.4 Å². The van der Waals surface area contributed by atoms with Crippen molar-refractivity contribution in [2.75, 3.05) is 19.1 Å². The number of thiazole rings is 1. The second-order valence-corrected chi connectivity index (χ2v) is 8.95. The number of ether oxygens (including phenoxy) is 2. The van der Waals surface area contributed by atoms with E-state index in [-0.39, 0.29) is 33.2 Å². The molecule has 10 heteroatoms. The van der Waals surface area contributed by atoms with Gasteiger partial charge in [-0.15, -0.1) is 0 Å². The van der Waals surface area contributed by atoms with E-state index in [4.69, 9.17) is 13.9 Å². The zero-order valence-corrected chi connectivity index (χ0v) is 20.0. The van der Waals surface area contributed by atoms with E-state index in [0.29, 0.717) is 27.6 Å². The van der Waals surface area contributed by atoms with Gasteiger partial charge in [-0.3, -0.25) is 19.3 Å². The number of aromatic nitrogens is 1. The van der Waals surface area contributed by atoms with Crippen molar-refractivity contribution in [3.05, 3.63) is 79.9 Å². The topological polar surface area (TPSA) is 98.9 Å². The molecule has 3 heterocycles. The number of carbonyl (C=O) groups excluding carboxylic acids is 2. The van der Waals surface area contributed by atoms with Crippen molar-refractivity contribution in [3.63, 3.8) is 0 Å². The Hall–Kier alpha value is -4.05. The van der Waals surface area contributed by atoms with Gasteiger partial charge in [0, 0.05) is 6.92 Å². The van der Waals surface area contributed by atoms with Gasteiger partial charge in [-0.2, -0.15) is 0 Å². The summed E-state index contributed by atoms with van der Waals surface area (Å²) in [7, 11) is 2.97. The summed E-state index contributed by atoms with van der Waals surface area (Å²) in [4.78, 5) is 45.5. The molecular formula is C25H19FN2O6S. The SMILES string of the molecule is COc1ccc([C@@H]2c3c(oc4ccc(F)cc4c3=O)C(=O)N2c2nc(C)c(C(C)=O)s2)cc1OC. The number of amides is 1. The standard InChI is InChI=1S/C25H19FN2O6S/c1-11-23(12(2)29)35-25(27-11)28-20(13-5-7-17(32-3)18(9-13)33-4)19-21(30)15-10-14(26)6-8-16(15)34-22(19)24(28)31/h5-10,20H,1-4H3/t20-/m1/s1. The molecule has 0 saturated heterocycles. The minimum Gasteiger partial charge on any atom is -0.493 e. The zero-order chi connectivity index (χ0) is 25.0. The van der Waals surface area contributed by atoms with Crippen LogP contribution in [-0.4, -0.2) is 30.9 Å². The molecule has 8 nitrogen and oxygen atoms in total. The average Bonchev–Trinajstić information content (AvgIpc) is 3.36. The van der Waals surface area contributed by atoms with Crippen LogP contribution < -0.4 is 19.8 Å². The number of hydrogen-bond donors (Lipinski definition) is 0. The van der Waals surface area contributed by atoms with Gasteiger partial charge in [-0.05, 0) is 42.8 Å². The molecule has 1 aliphatic heterocycles. The van der Waals surface area contributed by atoms with Crippen LogP contribution in [0, 0.1) is 12.7 Å². The summed E-state index contributed by atoms with van der Waals surface area (Å²) in [6, 6.07) is 7.61. The number of rotatable bonds is 5. The second kappa shape index (κ2) is 8.31. The van der Waals surface area contributed by atoms with E-state index in [0.717, 1.165) is 23.5 Å². The molecule has 1 atom stereocenters. The van der Waals surface area contributed by atoms with Crippen LogP contribution in [0.15, 0.2) is 45.6 Å². The van der Waals surface area contributed by atoms with Gasteiger partial charge in [0.05, 0.1) is 41.8 Å². The number of aryl methyl sites for hydroxylation is 1. The van der Waals surface area contributed by atoms with Crippen LogP contribution in [0.5, 0.6) is 11.5 Å². The van der Waals surface area contributed by atoms with Crippen LogP contribution in [0.1, 0.15) is 50.0 Å². The Morgan fingerprint density at radius 2 is 1.86 bits per heavy atom. The summed E-state index contributed by atoms with van der Waals surface area (Å²) in [5, 5.41) is 0.252. The second-order valence-electron chi connectivity index (χ2n) is 7.97. The molecule has 0 aliphatic carbocycles. The van der Waals surface area contributed by atoms with E-state index in [1.807, 2.05) is 0 Å². The molecule has 0 unspecified atom stereocenters. The molecule has 0 fully saturated rings. The normalized spacial score (nSPS) is 14.9. The molecule has 0 radical (unpaired) electrons. The number of carbonyl (C=O) groups is 2. The highest BCUT2D eigenvalue weighted by molar-refractivity contribution is 7.17. The highest BCUT2D eigenvalue weighted by atomic mass is 32.1. The number of nitrogens with zero attached hydrogens (tertiary/aromatic N) is 2. The molecule has 0 saturated carbocycles. The van der Waals surface area contributed by atoms with Gasteiger partial charge in [0.1, 0.15) is 11.4 Å². The van der Waals surface area contributed by atoms with Crippen molar-refractivity contribution in [1.82, 2.24) is 4.98 Å². The number of methoxy groups -OCH3 is 2. The molecule has 0 N–H and O–H groups in total. The van der Waals surface area contributed by atoms with E-state index < -0.39 is 23.2 Å². The van der Waals surface area contributed by atoms with Crippen LogP contribution in [-0.2, 0) is 0 Å². The Morgan fingerprint density at radius 3 is 2.51 bits per heavy atom. The maximum absolute atomic E-state index is 14.0. The molecule has 0 bridgehead atoms. The van der Waals surface area contributed by atoms with Crippen LogP contribution in [0.25, 0.3) is 11.0 Å². The maximum Gasteiger partial charge on any atom is 0.297 e. The van der Waals surface area contributed by atoms with Gasteiger partial charge >= 0.3 is 0 Å². The third-order valence-electron chi connectivity index (χ3n) is 5.87. The Bertz CT molecular complexity index is 1590. The quantitative estimate of drug-likeness (QED) is 0.372. The molecule has 4 aromatic rings. The molecule has 0 spiro atoms. The largest absolute Gasteiger partial charge is 0.493 e. The first-order valence-corrected chi connectivity index (χ1v) is 11.4. The van der Waals surface area contributed by atoms with Gasteiger partial charge < -0.3 is 13.9 Å². The van der Waals surface area contributed by atoms with Crippen LogP contribution in [0.4, 0.5) is 9.52 Å². The minimum absolute atomic E-state index is 0.0172. The van der Waals surface area contributed by atoms with Gasteiger partial charge in [-0.25, -0.2) is 9.37 Å². The van der Waals surface area contributed by atoms with Crippen molar-refractivity contribution in [1.29, 1.82) is 0 Å². The predicted octanol–water partition coefficient (Wildman–Crippen LogP) is 4.67. The first-order valence-electron chi connectivity index (χ1n) is 10.5. The zero-order valence-electron chi connectivity index (χ0n) is 19.2. The third kappa shape index (κ3) is 3.48. The summed E-state index contributed by atoms with van der Waals surface area (Å²) in [6.07, 6.45) is 0. The highest BCUT2D eigenvalue weighted by Gasteiger charge is 2.45. The average molecular weight is 495 g/mol. The lowest BCUT2D eigenvalue weighted by Gasteiger charge is -2.23. The van der Waals surface area contributed by atoms with Crippen molar-refractivity contribution in [3.8, 4) is 11.5 Å². The Morgan fingerprint density at radius 1 is 1.11 bits per heavy atom. The number of ketones is 1. The Kier molecular flexibility index (Phi) is 5.40. The molecule has 5 rings (SSSR count). The molecule has 2 aromatic carbocycles. The lowest BCUT2D eigenvalue weighted by molar-refractivity contribution is 0.0969. The van der Waals surface area contributed by atoms with Crippen molar-refractivity contribution in [2.24, 2.45) is 0 Å². The first kappa shape index (κ1) is 22.7. The van der Waals surface area contributed by atoms with E-state index >= 15 is 0 Å². The van der Waals surface area contributed by atoms with Gasteiger partial charge in [0.15, 0.2) is 27.8 Å². The smallest absolute Gasteiger partial charge is 0.297 e. The van der Waals surface area contributed by atoms with Gasteiger partial charge in [0.2, 0.25) is 5.76 Å². The predicted molar refractivity (Wildman–Crippen MR) is 127 cm³/mol. The number of halogens is 1. The lowest BCUT2D eigenvalue weighted by Crippen LogP contribution is -2.29. The molecular weight excluding hydrogens is 475 g/mol. The van der Waals surface area contributed by atoms with Crippen LogP contribution in [0.3, 0.4) is 0 Å². The van der Waals surface area contributed by atoms with Crippen LogP contribution >= 0.6 is 11.3 Å². The van der Waals surface area contributed by atoms with E-state index in [1.54, 1.807) is 25.1 Å². The van der Waals surface area contributed by atoms with E-state index in [9.17, 15) is 18.8 Å². The molecule has 1 amide bonds. The summed E-state index contributed by atoms with van der Waals surface area (Å²) in [5.41, 5.74) is 0.610. The van der Waals surface area contributed by atoms with Crippen molar-refractivity contribution >= 4 is 39.1 Å². The number of fused-ring (bicyclic) bond motifs is 2. The molecule has 178 valence electrons.